The first-order chi connectivity index (χ1) is 18.7. The third kappa shape index (κ3) is 8.23. The van der Waals surface area contributed by atoms with Gasteiger partial charge in [0, 0.05) is 13.1 Å². The molecular weight excluding hydrogens is 539 g/mol. The summed E-state index contributed by atoms with van der Waals surface area (Å²) in [6, 6.07) is 26.0. The van der Waals surface area contributed by atoms with Gasteiger partial charge in [0.05, 0.1) is 5.75 Å². The summed E-state index contributed by atoms with van der Waals surface area (Å²) in [7, 11) is -8.19. The first kappa shape index (κ1) is 28.5. The molecule has 12 heteroatoms. The Morgan fingerprint density at radius 1 is 0.897 bits per heavy atom. The van der Waals surface area contributed by atoms with Crippen molar-refractivity contribution in [2.75, 3.05) is 25.4 Å². The Labute approximate surface area is 229 Å². The van der Waals surface area contributed by atoms with Crippen molar-refractivity contribution in [3.05, 3.63) is 91.0 Å². The van der Waals surface area contributed by atoms with Gasteiger partial charge in [-0.3, -0.25) is 5.41 Å². The van der Waals surface area contributed by atoms with Crippen LogP contribution in [0.3, 0.4) is 0 Å². The number of sulfonamides is 1. The van der Waals surface area contributed by atoms with Crippen LogP contribution in [0.25, 0.3) is 0 Å². The molecule has 1 unspecified atom stereocenters. The molecule has 1 fully saturated rings. The zero-order chi connectivity index (χ0) is 27.7. The Morgan fingerprint density at radius 3 is 1.82 bits per heavy atom. The van der Waals surface area contributed by atoms with E-state index in [1.165, 1.54) is 0 Å². The molecule has 4 rings (SSSR count). The number of guanidine groups is 1. The maximum absolute atomic E-state index is 14.7. The molecule has 3 aromatic carbocycles. The highest BCUT2D eigenvalue weighted by atomic mass is 32.2. The van der Waals surface area contributed by atoms with Crippen LogP contribution in [0.4, 0.5) is 0 Å². The zero-order valence-electron chi connectivity index (χ0n) is 21.4. The van der Waals surface area contributed by atoms with E-state index in [1.807, 2.05) is 6.07 Å². The summed E-state index contributed by atoms with van der Waals surface area (Å²) in [6.45, 7) is 0.719. The highest BCUT2D eigenvalue weighted by Gasteiger charge is 2.47. The Bertz CT molecular complexity index is 1310. The normalized spacial score (nSPS) is 15.3. The first-order valence-electron chi connectivity index (χ1n) is 12.6. The molecule has 39 heavy (non-hydrogen) atoms. The number of nitrogens with one attached hydrogen (secondary N) is 2. The van der Waals surface area contributed by atoms with E-state index < -0.39 is 29.3 Å². The van der Waals surface area contributed by atoms with Crippen molar-refractivity contribution < 1.29 is 26.8 Å². The molecule has 1 aliphatic rings. The van der Waals surface area contributed by atoms with Gasteiger partial charge in [-0.2, -0.15) is 4.72 Å². The summed E-state index contributed by atoms with van der Waals surface area (Å²) >= 11 is 0. The first-order valence-corrected chi connectivity index (χ1v) is 15.9. The molecule has 0 aromatic heterocycles. The molecule has 1 aliphatic heterocycles. The van der Waals surface area contributed by atoms with Crippen molar-refractivity contribution in [1.82, 2.24) is 9.62 Å². The predicted octanol–water partition coefficient (Wildman–Crippen LogP) is 4.27. The number of rotatable bonds is 12. The van der Waals surface area contributed by atoms with Crippen molar-refractivity contribution in [2.24, 2.45) is 11.7 Å². The number of piperidine rings is 1. The van der Waals surface area contributed by atoms with Crippen LogP contribution in [-0.2, 0) is 14.6 Å². The standard InChI is InChI=1S/C27H33N4O6PS/c28-27(29)31-18-16-22(17-19-31)26(30-39(33,34)21-20-35-23-10-4-1-5-11-23)38(32,36-24-12-6-2-7-13-24)37-25-14-8-3-9-15-25/h1-15,22,26,30H,16-21H2,(H3,28,29). The van der Waals surface area contributed by atoms with E-state index >= 15 is 0 Å². The smallest absolute Gasteiger partial charge is 0.448 e. The lowest BCUT2D eigenvalue weighted by Crippen LogP contribution is -2.49. The van der Waals surface area contributed by atoms with Crippen molar-refractivity contribution in [3.63, 3.8) is 0 Å². The Balaban J connectivity index is 1.62. The van der Waals surface area contributed by atoms with Gasteiger partial charge < -0.3 is 24.4 Å². The van der Waals surface area contributed by atoms with Crippen LogP contribution in [0.15, 0.2) is 91.0 Å². The lowest BCUT2D eigenvalue weighted by atomic mass is 9.97. The van der Waals surface area contributed by atoms with Crippen molar-refractivity contribution in [2.45, 2.75) is 18.6 Å². The second-order valence-corrected chi connectivity index (χ2v) is 13.0. The molecule has 0 spiro atoms. The van der Waals surface area contributed by atoms with Gasteiger partial charge in [-0.05, 0) is 55.2 Å². The fourth-order valence-electron chi connectivity index (χ4n) is 4.29. The van der Waals surface area contributed by atoms with Gasteiger partial charge >= 0.3 is 7.60 Å². The third-order valence-corrected chi connectivity index (χ3v) is 9.94. The average Bonchev–Trinajstić information content (AvgIpc) is 2.93. The molecule has 1 saturated heterocycles. The number of likely N-dealkylation sites (tertiary alicyclic amines) is 1. The van der Waals surface area contributed by atoms with Gasteiger partial charge in [0.15, 0.2) is 5.96 Å². The Morgan fingerprint density at radius 2 is 1.36 bits per heavy atom. The number of hydrogen-bond acceptors (Lipinski definition) is 7. The molecule has 1 atom stereocenters. The molecular formula is C27H33N4O6PS. The Hall–Kier alpha value is -3.53. The van der Waals surface area contributed by atoms with Crippen molar-refractivity contribution >= 4 is 23.6 Å². The zero-order valence-corrected chi connectivity index (χ0v) is 23.1. The van der Waals surface area contributed by atoms with E-state index in [0.29, 0.717) is 31.7 Å². The van der Waals surface area contributed by atoms with Crippen LogP contribution >= 0.6 is 7.60 Å². The molecule has 10 nitrogen and oxygen atoms in total. The molecule has 208 valence electrons. The molecule has 1 heterocycles. The highest BCUT2D eigenvalue weighted by Crippen LogP contribution is 2.55. The summed E-state index contributed by atoms with van der Waals surface area (Å²) in [6.07, 6.45) is 0.848. The summed E-state index contributed by atoms with van der Waals surface area (Å²) in [5, 5.41) is 7.75. The molecule has 0 amide bonds. The average molecular weight is 573 g/mol. The van der Waals surface area contributed by atoms with E-state index in [9.17, 15) is 13.0 Å². The number of benzene rings is 3. The van der Waals surface area contributed by atoms with Crippen molar-refractivity contribution in [3.8, 4) is 17.2 Å². The van der Waals surface area contributed by atoms with E-state index in [4.69, 9.17) is 24.9 Å². The number of hydrogen-bond donors (Lipinski definition) is 3. The van der Waals surface area contributed by atoms with Gasteiger partial charge in [0.2, 0.25) is 10.0 Å². The summed E-state index contributed by atoms with van der Waals surface area (Å²) < 4.78 is 61.5. The minimum absolute atomic E-state index is 0.0621. The van der Waals surface area contributed by atoms with E-state index in [2.05, 4.69) is 4.72 Å². The fourth-order valence-corrected chi connectivity index (χ4v) is 8.18. The maximum Gasteiger partial charge on any atom is 0.448 e. The van der Waals surface area contributed by atoms with Crippen molar-refractivity contribution in [1.29, 1.82) is 5.41 Å². The molecule has 0 radical (unpaired) electrons. The lowest BCUT2D eigenvalue weighted by Gasteiger charge is -2.38. The van der Waals surface area contributed by atoms with Gasteiger partial charge in [-0.25, -0.2) is 13.0 Å². The third-order valence-electron chi connectivity index (χ3n) is 6.28. The van der Waals surface area contributed by atoms with Gasteiger partial charge in [-0.1, -0.05) is 54.6 Å². The topological polar surface area (TPSA) is 144 Å². The van der Waals surface area contributed by atoms with Gasteiger partial charge in [-0.15, -0.1) is 0 Å². The minimum Gasteiger partial charge on any atom is -0.492 e. The SMILES string of the molecule is N=C(N)N1CCC(C(NS(=O)(=O)CCOc2ccccc2)P(=O)(Oc2ccccc2)Oc2ccccc2)CC1. The van der Waals surface area contributed by atoms with Gasteiger partial charge in [0.1, 0.15) is 29.6 Å². The molecule has 4 N–H and O–H groups in total. The van der Waals surface area contributed by atoms with Crippen LogP contribution in [0, 0.1) is 11.3 Å². The summed E-state index contributed by atoms with van der Waals surface area (Å²) in [4.78, 5) is 1.69. The number of para-hydroxylation sites is 3. The minimum atomic E-state index is -4.21. The number of nitrogens with two attached hydrogens (primary N) is 1. The monoisotopic (exact) mass is 572 g/mol. The maximum atomic E-state index is 14.7. The summed E-state index contributed by atoms with van der Waals surface area (Å²) in [5.74, 6) is -0.915. The number of ether oxygens (including phenoxy) is 1. The second-order valence-electron chi connectivity index (χ2n) is 9.10. The molecule has 3 aromatic rings. The highest BCUT2D eigenvalue weighted by molar-refractivity contribution is 7.89. The molecule has 0 bridgehead atoms. The largest absolute Gasteiger partial charge is 0.492 e. The Kier molecular flexibility index (Phi) is 9.50. The van der Waals surface area contributed by atoms with Crippen LogP contribution in [0.2, 0.25) is 0 Å². The van der Waals surface area contributed by atoms with E-state index in [-0.39, 0.29) is 29.8 Å². The summed E-state index contributed by atoms with van der Waals surface area (Å²) in [5.41, 5.74) is 5.66. The van der Waals surface area contributed by atoms with Crippen LogP contribution < -0.4 is 24.2 Å². The van der Waals surface area contributed by atoms with E-state index in [0.717, 1.165) is 0 Å². The molecule has 0 saturated carbocycles. The lowest BCUT2D eigenvalue weighted by molar-refractivity contribution is 0.236. The van der Waals surface area contributed by atoms with Crippen LogP contribution in [0.1, 0.15) is 12.8 Å². The van der Waals surface area contributed by atoms with Gasteiger partial charge in [0.25, 0.3) is 0 Å². The second kappa shape index (κ2) is 13.0. The molecule has 0 aliphatic carbocycles. The van der Waals surface area contributed by atoms with E-state index in [1.54, 1.807) is 89.8 Å². The van der Waals surface area contributed by atoms with Crippen LogP contribution in [0.5, 0.6) is 17.2 Å². The quantitative estimate of drug-likeness (QED) is 0.166. The fraction of sp³-hybridized carbons (Fsp3) is 0.296. The predicted molar refractivity (Wildman–Crippen MR) is 151 cm³/mol. The number of nitrogens with zero attached hydrogens (tertiary/aromatic N) is 1. The van der Waals surface area contributed by atoms with Crippen LogP contribution in [-0.4, -0.2) is 50.5 Å².